The van der Waals surface area contributed by atoms with Gasteiger partial charge in [0.2, 0.25) is 5.89 Å². The molecule has 4 nitrogen and oxygen atoms in total. The summed E-state index contributed by atoms with van der Waals surface area (Å²) in [5, 5.41) is 13.1. The second kappa shape index (κ2) is 3.30. The quantitative estimate of drug-likeness (QED) is 0.807. The molecular weight excluding hydrogens is 192 g/mol. The minimum absolute atomic E-state index is 0.424. The maximum absolute atomic E-state index is 9.33. The van der Waals surface area contributed by atoms with Crippen LogP contribution in [0.4, 0.5) is 0 Å². The van der Waals surface area contributed by atoms with Crippen molar-refractivity contribution in [1.82, 2.24) is 10.1 Å². The van der Waals surface area contributed by atoms with Gasteiger partial charge in [-0.05, 0) is 38.0 Å². The van der Waals surface area contributed by atoms with Crippen molar-refractivity contribution in [2.75, 3.05) is 0 Å². The highest BCUT2D eigenvalue weighted by molar-refractivity contribution is 5.05. The number of aliphatic hydroxyl groups is 1. The summed E-state index contributed by atoms with van der Waals surface area (Å²) in [4.78, 5) is 4.28. The predicted octanol–water partition coefficient (Wildman–Crippen LogP) is 2.03. The Morgan fingerprint density at radius 3 is 2.80 bits per heavy atom. The molecule has 2 bridgehead atoms. The average molecular weight is 208 g/mol. The van der Waals surface area contributed by atoms with Crippen LogP contribution in [0.15, 0.2) is 4.52 Å². The highest BCUT2D eigenvalue weighted by Crippen LogP contribution is 2.52. The van der Waals surface area contributed by atoms with E-state index < -0.39 is 6.10 Å². The molecule has 0 spiro atoms. The summed E-state index contributed by atoms with van der Waals surface area (Å²) < 4.78 is 5.24. The number of aliphatic hydroxyl groups excluding tert-OH is 1. The van der Waals surface area contributed by atoms with Crippen molar-refractivity contribution in [3.05, 3.63) is 11.7 Å². The monoisotopic (exact) mass is 208 g/mol. The zero-order valence-electron chi connectivity index (χ0n) is 8.89. The van der Waals surface area contributed by atoms with Crippen molar-refractivity contribution in [3.8, 4) is 0 Å². The van der Waals surface area contributed by atoms with E-state index in [4.69, 9.17) is 4.52 Å². The summed E-state index contributed by atoms with van der Waals surface area (Å²) in [6.45, 7) is 1.66. The van der Waals surface area contributed by atoms with E-state index in [1.807, 2.05) is 0 Å². The van der Waals surface area contributed by atoms with Crippen LogP contribution in [-0.2, 0) is 0 Å². The van der Waals surface area contributed by atoms with Crippen molar-refractivity contribution in [2.24, 2.45) is 11.8 Å². The largest absolute Gasteiger partial charge is 0.385 e. The van der Waals surface area contributed by atoms with E-state index in [1.54, 1.807) is 6.92 Å². The third-order valence-corrected chi connectivity index (χ3v) is 3.89. The Morgan fingerprint density at radius 1 is 1.40 bits per heavy atom. The molecule has 82 valence electrons. The van der Waals surface area contributed by atoms with E-state index in [2.05, 4.69) is 10.1 Å². The Balaban J connectivity index is 1.81. The van der Waals surface area contributed by atoms with Gasteiger partial charge in [-0.2, -0.15) is 4.98 Å². The lowest BCUT2D eigenvalue weighted by Gasteiger charge is -2.17. The van der Waals surface area contributed by atoms with Crippen molar-refractivity contribution in [1.29, 1.82) is 0 Å². The molecule has 0 radical (unpaired) electrons. The second-order valence-corrected chi connectivity index (χ2v) is 4.95. The normalized spacial score (nSPS) is 36.0. The molecule has 1 N–H and O–H groups in total. The van der Waals surface area contributed by atoms with Crippen LogP contribution in [0, 0.1) is 11.8 Å². The summed E-state index contributed by atoms with van der Waals surface area (Å²) in [5.74, 6) is 3.26. The van der Waals surface area contributed by atoms with Crippen LogP contribution in [-0.4, -0.2) is 15.2 Å². The molecule has 2 aliphatic carbocycles. The van der Waals surface area contributed by atoms with Gasteiger partial charge in [0.25, 0.3) is 0 Å². The van der Waals surface area contributed by atoms with Crippen LogP contribution in [0.5, 0.6) is 0 Å². The van der Waals surface area contributed by atoms with Gasteiger partial charge < -0.3 is 9.63 Å². The molecule has 4 unspecified atom stereocenters. The average Bonchev–Trinajstić information content (AvgIpc) is 2.93. The van der Waals surface area contributed by atoms with Crippen molar-refractivity contribution >= 4 is 0 Å². The molecule has 2 saturated carbocycles. The topological polar surface area (TPSA) is 59.2 Å². The van der Waals surface area contributed by atoms with Gasteiger partial charge in [0.1, 0.15) is 6.10 Å². The Hall–Kier alpha value is -0.900. The van der Waals surface area contributed by atoms with Gasteiger partial charge in [-0.1, -0.05) is 11.6 Å². The molecule has 4 atom stereocenters. The van der Waals surface area contributed by atoms with E-state index in [-0.39, 0.29) is 0 Å². The number of hydrogen-bond acceptors (Lipinski definition) is 4. The van der Waals surface area contributed by atoms with Crippen molar-refractivity contribution < 1.29 is 9.63 Å². The molecule has 1 aromatic rings. The van der Waals surface area contributed by atoms with Crippen molar-refractivity contribution in [3.63, 3.8) is 0 Å². The van der Waals surface area contributed by atoms with E-state index in [9.17, 15) is 5.11 Å². The summed E-state index contributed by atoms with van der Waals surface area (Å²) in [5.41, 5.74) is 0. The number of nitrogens with zero attached hydrogens (tertiary/aromatic N) is 2. The van der Waals surface area contributed by atoms with E-state index in [0.29, 0.717) is 11.7 Å². The number of fused-ring (bicyclic) bond motifs is 2. The number of rotatable bonds is 2. The van der Waals surface area contributed by atoms with Gasteiger partial charge in [-0.15, -0.1) is 0 Å². The molecule has 0 aliphatic heterocycles. The third kappa shape index (κ3) is 1.47. The van der Waals surface area contributed by atoms with Gasteiger partial charge >= 0.3 is 0 Å². The predicted molar refractivity (Wildman–Crippen MR) is 53.1 cm³/mol. The van der Waals surface area contributed by atoms with Crippen LogP contribution in [0.1, 0.15) is 56.3 Å². The van der Waals surface area contributed by atoms with Gasteiger partial charge in [0, 0.05) is 5.92 Å². The summed E-state index contributed by atoms with van der Waals surface area (Å²) in [6.07, 6.45) is 4.59. The molecular formula is C11H16N2O2. The first kappa shape index (κ1) is 9.33. The molecule has 3 rings (SSSR count). The SMILES string of the molecule is CC(O)c1noc(C2CC3CCC2C3)n1. The van der Waals surface area contributed by atoms with Gasteiger partial charge in [-0.3, -0.25) is 0 Å². The molecule has 1 aromatic heterocycles. The van der Waals surface area contributed by atoms with Gasteiger partial charge in [0.05, 0.1) is 0 Å². The molecule has 1 heterocycles. The van der Waals surface area contributed by atoms with Crippen molar-refractivity contribution in [2.45, 2.75) is 44.6 Å². The minimum Gasteiger partial charge on any atom is -0.385 e. The Labute approximate surface area is 88.7 Å². The van der Waals surface area contributed by atoms with Gasteiger partial charge in [0.15, 0.2) is 5.82 Å². The molecule has 2 fully saturated rings. The zero-order valence-corrected chi connectivity index (χ0v) is 8.89. The maximum atomic E-state index is 9.33. The number of aromatic nitrogens is 2. The lowest BCUT2D eigenvalue weighted by molar-refractivity contribution is 0.184. The maximum Gasteiger partial charge on any atom is 0.230 e. The molecule has 4 heteroatoms. The lowest BCUT2D eigenvalue weighted by Crippen LogP contribution is -2.09. The van der Waals surface area contributed by atoms with E-state index >= 15 is 0 Å². The Morgan fingerprint density at radius 2 is 2.27 bits per heavy atom. The fourth-order valence-electron chi connectivity index (χ4n) is 3.11. The van der Waals surface area contributed by atoms with Crippen LogP contribution in [0.2, 0.25) is 0 Å². The third-order valence-electron chi connectivity index (χ3n) is 3.89. The first-order valence-electron chi connectivity index (χ1n) is 5.75. The summed E-state index contributed by atoms with van der Waals surface area (Å²) in [6, 6.07) is 0. The Bertz CT molecular complexity index is 361. The van der Waals surface area contributed by atoms with Gasteiger partial charge in [-0.25, -0.2) is 0 Å². The molecule has 2 aliphatic rings. The first-order chi connectivity index (χ1) is 7.24. The summed E-state index contributed by atoms with van der Waals surface area (Å²) in [7, 11) is 0. The Kier molecular flexibility index (Phi) is 2.06. The highest BCUT2D eigenvalue weighted by Gasteiger charge is 2.42. The fourth-order valence-corrected chi connectivity index (χ4v) is 3.11. The molecule has 0 saturated heterocycles. The molecule has 15 heavy (non-hydrogen) atoms. The van der Waals surface area contributed by atoms with Crippen LogP contribution >= 0.6 is 0 Å². The molecule has 0 amide bonds. The minimum atomic E-state index is -0.624. The van der Waals surface area contributed by atoms with E-state index in [0.717, 1.165) is 17.7 Å². The highest BCUT2D eigenvalue weighted by atomic mass is 16.5. The second-order valence-electron chi connectivity index (χ2n) is 4.95. The van der Waals surface area contributed by atoms with E-state index in [1.165, 1.54) is 25.7 Å². The fraction of sp³-hybridized carbons (Fsp3) is 0.818. The van der Waals surface area contributed by atoms with Crippen LogP contribution in [0.3, 0.4) is 0 Å². The lowest BCUT2D eigenvalue weighted by atomic mass is 9.89. The summed E-state index contributed by atoms with van der Waals surface area (Å²) >= 11 is 0. The van der Waals surface area contributed by atoms with Crippen LogP contribution in [0.25, 0.3) is 0 Å². The van der Waals surface area contributed by atoms with Crippen LogP contribution < -0.4 is 0 Å². The smallest absolute Gasteiger partial charge is 0.230 e. The standard InChI is InChI=1S/C11H16N2O2/c1-6(14)10-12-11(15-13-10)9-5-7-2-3-8(9)4-7/h6-9,14H,2-5H2,1H3. The zero-order chi connectivity index (χ0) is 10.4. The number of hydrogen-bond donors (Lipinski definition) is 1. The molecule has 0 aromatic carbocycles. The first-order valence-corrected chi connectivity index (χ1v) is 5.75.